The third-order valence-corrected chi connectivity index (χ3v) is 2.43. The number of aliphatic hydroxyl groups excluding tert-OH is 1. The minimum atomic E-state index is -5.21. The van der Waals surface area contributed by atoms with E-state index in [1.165, 1.54) is 6.08 Å². The number of rotatable bonds is 4. The van der Waals surface area contributed by atoms with Crippen molar-refractivity contribution >= 4 is 6.08 Å². The Morgan fingerprint density at radius 2 is 1.67 bits per heavy atom. The first-order chi connectivity index (χ1) is 8.31. The van der Waals surface area contributed by atoms with Gasteiger partial charge in [0.05, 0.1) is 0 Å². The van der Waals surface area contributed by atoms with Gasteiger partial charge in [0.15, 0.2) is 0 Å². The molecule has 2 atom stereocenters. The quantitative estimate of drug-likeness (QED) is 0.648. The molecule has 1 aromatic carbocycles. The summed E-state index contributed by atoms with van der Waals surface area (Å²) in [5.74, 6) is 0. The van der Waals surface area contributed by atoms with E-state index >= 15 is 0 Å². The van der Waals surface area contributed by atoms with Crippen LogP contribution in [0.1, 0.15) is 5.56 Å². The first-order valence-electron chi connectivity index (χ1n) is 5.12. The molecule has 0 spiro atoms. The lowest BCUT2D eigenvalue weighted by atomic mass is 9.97. The van der Waals surface area contributed by atoms with Crippen LogP contribution in [-0.2, 0) is 0 Å². The van der Waals surface area contributed by atoms with E-state index in [-0.39, 0.29) is 6.08 Å². The van der Waals surface area contributed by atoms with Crippen molar-refractivity contribution < 1.29 is 22.7 Å². The number of alkyl halides is 4. The molecule has 1 N–H and O–H groups in total. The molecule has 0 unspecified atom stereocenters. The molecular formula is C13H12F4O. The molecule has 1 rings (SSSR count). The van der Waals surface area contributed by atoms with E-state index in [9.17, 15) is 22.7 Å². The minimum Gasteiger partial charge on any atom is -0.385 e. The number of hydrogen-bond donors (Lipinski definition) is 1. The normalized spacial score (nSPS) is 17.4. The van der Waals surface area contributed by atoms with E-state index in [0.29, 0.717) is 5.56 Å². The fraction of sp³-hybridized carbons (Fsp3) is 0.231. The zero-order valence-corrected chi connectivity index (χ0v) is 9.36. The summed E-state index contributed by atoms with van der Waals surface area (Å²) in [4.78, 5) is 0. The van der Waals surface area contributed by atoms with Crippen LogP contribution in [0.2, 0.25) is 0 Å². The largest absolute Gasteiger partial charge is 0.429 e. The molecule has 0 saturated heterocycles. The van der Waals surface area contributed by atoms with E-state index in [2.05, 4.69) is 6.58 Å². The van der Waals surface area contributed by atoms with E-state index < -0.39 is 17.9 Å². The Kier molecular flexibility index (Phi) is 4.29. The summed E-state index contributed by atoms with van der Waals surface area (Å²) in [5, 5.41) is 9.31. The summed E-state index contributed by atoms with van der Waals surface area (Å²) < 4.78 is 50.9. The summed E-state index contributed by atoms with van der Waals surface area (Å²) in [6.07, 6.45) is -5.52. The fourth-order valence-electron chi connectivity index (χ4n) is 1.31. The predicted octanol–water partition coefficient (Wildman–Crippen LogP) is 3.52. The van der Waals surface area contributed by atoms with Crippen molar-refractivity contribution in [2.45, 2.75) is 17.9 Å². The molecule has 5 heteroatoms. The molecule has 18 heavy (non-hydrogen) atoms. The molecular weight excluding hydrogens is 248 g/mol. The molecule has 1 nitrogen and oxygen atoms in total. The third kappa shape index (κ3) is 2.98. The second-order valence-electron chi connectivity index (χ2n) is 3.68. The van der Waals surface area contributed by atoms with Gasteiger partial charge in [-0.25, -0.2) is 4.39 Å². The van der Waals surface area contributed by atoms with Gasteiger partial charge in [0.2, 0.25) is 0 Å². The summed E-state index contributed by atoms with van der Waals surface area (Å²) in [5.41, 5.74) is -3.29. The second kappa shape index (κ2) is 5.35. The molecule has 1 aromatic rings. The zero-order valence-electron chi connectivity index (χ0n) is 9.36. The second-order valence-corrected chi connectivity index (χ2v) is 3.68. The molecule has 0 amide bonds. The maximum absolute atomic E-state index is 13.6. The lowest BCUT2D eigenvalue weighted by Crippen LogP contribution is -2.48. The smallest absolute Gasteiger partial charge is 0.385 e. The maximum Gasteiger partial charge on any atom is 0.429 e. The molecule has 0 bridgehead atoms. The average molecular weight is 260 g/mol. The molecule has 0 aliphatic carbocycles. The van der Waals surface area contributed by atoms with Gasteiger partial charge in [-0.1, -0.05) is 49.1 Å². The van der Waals surface area contributed by atoms with Gasteiger partial charge in [-0.15, -0.1) is 0 Å². The molecule has 0 heterocycles. The van der Waals surface area contributed by atoms with Crippen molar-refractivity contribution in [2.75, 3.05) is 0 Å². The van der Waals surface area contributed by atoms with Gasteiger partial charge < -0.3 is 5.11 Å². The van der Waals surface area contributed by atoms with Crippen molar-refractivity contribution in [1.29, 1.82) is 0 Å². The zero-order chi connectivity index (χ0) is 13.8. The van der Waals surface area contributed by atoms with E-state index in [1.807, 2.05) is 0 Å². The van der Waals surface area contributed by atoms with Gasteiger partial charge >= 0.3 is 6.18 Å². The Morgan fingerprint density at radius 3 is 2.11 bits per heavy atom. The highest BCUT2D eigenvalue weighted by molar-refractivity contribution is 5.49. The van der Waals surface area contributed by atoms with Crippen molar-refractivity contribution in [1.82, 2.24) is 0 Å². The summed E-state index contributed by atoms with van der Waals surface area (Å²) in [6, 6.07) is 8.31. The highest BCUT2D eigenvalue weighted by atomic mass is 19.4. The van der Waals surface area contributed by atoms with Gasteiger partial charge in [0.1, 0.15) is 6.10 Å². The monoisotopic (exact) mass is 260 g/mol. The van der Waals surface area contributed by atoms with Gasteiger partial charge in [-0.2, -0.15) is 13.2 Å². The summed E-state index contributed by atoms with van der Waals surface area (Å²) in [7, 11) is 0. The van der Waals surface area contributed by atoms with Crippen LogP contribution >= 0.6 is 0 Å². The Morgan fingerprint density at radius 1 is 1.11 bits per heavy atom. The van der Waals surface area contributed by atoms with Crippen molar-refractivity contribution in [3.63, 3.8) is 0 Å². The topological polar surface area (TPSA) is 20.2 Å². The van der Waals surface area contributed by atoms with Crippen molar-refractivity contribution in [2.24, 2.45) is 0 Å². The van der Waals surface area contributed by atoms with Gasteiger partial charge in [-0.05, 0) is 11.6 Å². The summed E-state index contributed by atoms with van der Waals surface area (Å²) >= 11 is 0. The highest BCUT2D eigenvalue weighted by Gasteiger charge is 2.57. The maximum atomic E-state index is 13.6. The van der Waals surface area contributed by atoms with E-state index in [4.69, 9.17) is 0 Å². The first kappa shape index (κ1) is 14.4. The SMILES string of the molecule is C=C[C@@](F)([C@@H](O)/C=C/c1ccccc1)C(F)(F)F. The first-order valence-corrected chi connectivity index (χ1v) is 5.12. The summed E-state index contributed by atoms with van der Waals surface area (Å²) in [6.45, 7) is 2.79. The van der Waals surface area contributed by atoms with Crippen LogP contribution < -0.4 is 0 Å². The Labute approximate surface area is 102 Å². The highest BCUT2D eigenvalue weighted by Crippen LogP contribution is 2.38. The van der Waals surface area contributed by atoms with Crippen LogP contribution in [-0.4, -0.2) is 23.1 Å². The van der Waals surface area contributed by atoms with Gasteiger partial charge in [0, 0.05) is 0 Å². The Hall–Kier alpha value is -1.62. The average Bonchev–Trinajstić information content (AvgIpc) is 2.34. The Balaban J connectivity index is 2.91. The predicted molar refractivity (Wildman–Crippen MR) is 61.6 cm³/mol. The lowest BCUT2D eigenvalue weighted by Gasteiger charge is -2.27. The molecule has 0 fully saturated rings. The van der Waals surface area contributed by atoms with Gasteiger partial charge in [0.25, 0.3) is 5.67 Å². The third-order valence-electron chi connectivity index (χ3n) is 2.43. The molecule has 0 aromatic heterocycles. The van der Waals surface area contributed by atoms with Crippen LogP contribution in [0.3, 0.4) is 0 Å². The molecule has 0 aliphatic rings. The molecule has 98 valence electrons. The van der Waals surface area contributed by atoms with Crippen LogP contribution in [0.15, 0.2) is 49.1 Å². The Bertz CT molecular complexity index is 424. The van der Waals surface area contributed by atoms with Crippen LogP contribution in [0, 0.1) is 0 Å². The standard InChI is InChI=1S/C13H12F4O/c1-2-12(14,13(15,16)17)11(18)9-8-10-6-4-3-5-7-10/h2-9,11,18H,1H2/b9-8+/t11-,12+/m0/s1. The number of halogens is 4. The fourth-order valence-corrected chi connectivity index (χ4v) is 1.31. The van der Waals surface area contributed by atoms with Crippen molar-refractivity contribution in [3.8, 4) is 0 Å². The number of hydrogen-bond acceptors (Lipinski definition) is 1. The lowest BCUT2D eigenvalue weighted by molar-refractivity contribution is -0.233. The van der Waals surface area contributed by atoms with Crippen LogP contribution in [0.5, 0.6) is 0 Å². The van der Waals surface area contributed by atoms with E-state index in [1.54, 1.807) is 30.3 Å². The molecule has 0 saturated carbocycles. The van der Waals surface area contributed by atoms with Crippen LogP contribution in [0.4, 0.5) is 17.6 Å². The molecule has 0 radical (unpaired) electrons. The van der Waals surface area contributed by atoms with Gasteiger partial charge in [-0.3, -0.25) is 0 Å². The minimum absolute atomic E-state index is 0.0625. The molecule has 0 aliphatic heterocycles. The number of benzene rings is 1. The number of aliphatic hydroxyl groups is 1. The van der Waals surface area contributed by atoms with Crippen molar-refractivity contribution in [3.05, 3.63) is 54.6 Å². The van der Waals surface area contributed by atoms with E-state index in [0.717, 1.165) is 6.08 Å². The van der Waals surface area contributed by atoms with Crippen LogP contribution in [0.25, 0.3) is 6.08 Å².